The molecule has 2 N–H and O–H groups in total. The summed E-state index contributed by atoms with van der Waals surface area (Å²) in [4.78, 5) is 13.1. The van der Waals surface area contributed by atoms with Gasteiger partial charge in [-0.3, -0.25) is 10.1 Å². The van der Waals surface area contributed by atoms with Crippen molar-refractivity contribution in [3.63, 3.8) is 0 Å². The number of pyridine rings is 1. The number of primary sulfonamides is 1. The zero-order valence-corrected chi connectivity index (χ0v) is 7.98. The molecule has 7 nitrogen and oxygen atoms in total. The van der Waals surface area contributed by atoms with Gasteiger partial charge in [0.15, 0.2) is 5.03 Å². The fourth-order valence-electron chi connectivity index (χ4n) is 0.945. The number of hydrogen-bond donors (Lipinski definition) is 1. The van der Waals surface area contributed by atoms with E-state index in [-0.39, 0.29) is 16.3 Å². The zero-order valence-electron chi connectivity index (χ0n) is 7.17. The highest BCUT2D eigenvalue weighted by atomic mass is 32.2. The Labute approximate surface area is 79.8 Å². The van der Waals surface area contributed by atoms with E-state index in [2.05, 4.69) is 4.98 Å². The number of nitro groups is 1. The van der Waals surface area contributed by atoms with Crippen molar-refractivity contribution in [3.05, 3.63) is 27.9 Å². The lowest BCUT2D eigenvalue weighted by Crippen LogP contribution is -2.15. The van der Waals surface area contributed by atoms with Gasteiger partial charge in [-0.15, -0.1) is 0 Å². The van der Waals surface area contributed by atoms with Gasteiger partial charge in [-0.05, 0) is 12.5 Å². The molecule has 0 spiro atoms. The van der Waals surface area contributed by atoms with Crippen LogP contribution in [-0.2, 0) is 10.0 Å². The first-order valence-corrected chi connectivity index (χ1v) is 5.01. The van der Waals surface area contributed by atoms with Crippen LogP contribution < -0.4 is 5.14 Å². The molecular formula is C6H7N3O4S. The standard InChI is InChI=1S/C6H7N3O4S/c1-4-2-5(9(10)11)3-8-6(4)14(7,12)13/h2-3H,1H3,(H2,7,12,13). The lowest BCUT2D eigenvalue weighted by Gasteiger charge is -2.00. The molecule has 1 rings (SSSR count). The summed E-state index contributed by atoms with van der Waals surface area (Å²) in [7, 11) is -3.91. The van der Waals surface area contributed by atoms with Gasteiger partial charge in [-0.25, -0.2) is 18.5 Å². The molecule has 0 radical (unpaired) electrons. The molecule has 0 amide bonds. The largest absolute Gasteiger partial charge is 0.287 e. The Hall–Kier alpha value is -1.54. The van der Waals surface area contributed by atoms with Crippen LogP contribution in [-0.4, -0.2) is 18.3 Å². The Morgan fingerprint density at radius 2 is 2.14 bits per heavy atom. The Balaban J connectivity index is 3.35. The quantitative estimate of drug-likeness (QED) is 0.550. The molecule has 0 atom stereocenters. The molecule has 14 heavy (non-hydrogen) atoms. The van der Waals surface area contributed by atoms with Crippen molar-refractivity contribution in [1.29, 1.82) is 0 Å². The Kier molecular flexibility index (Phi) is 2.49. The highest BCUT2D eigenvalue weighted by Crippen LogP contribution is 2.16. The van der Waals surface area contributed by atoms with E-state index < -0.39 is 14.9 Å². The number of nitrogens with two attached hydrogens (primary N) is 1. The minimum Gasteiger partial charge on any atom is -0.258 e. The zero-order chi connectivity index (χ0) is 10.9. The number of hydrogen-bond acceptors (Lipinski definition) is 5. The highest BCUT2D eigenvalue weighted by Gasteiger charge is 2.16. The molecule has 0 aliphatic carbocycles. The van der Waals surface area contributed by atoms with Gasteiger partial charge in [0.1, 0.15) is 6.20 Å². The van der Waals surface area contributed by atoms with E-state index in [0.717, 1.165) is 12.3 Å². The molecule has 0 fully saturated rings. The van der Waals surface area contributed by atoms with Gasteiger partial charge in [0.2, 0.25) is 0 Å². The van der Waals surface area contributed by atoms with Crippen LogP contribution in [0.5, 0.6) is 0 Å². The topological polar surface area (TPSA) is 116 Å². The number of nitrogens with zero attached hydrogens (tertiary/aromatic N) is 2. The normalized spacial score (nSPS) is 11.3. The molecule has 1 aromatic heterocycles. The van der Waals surface area contributed by atoms with Crippen molar-refractivity contribution in [3.8, 4) is 0 Å². The second-order valence-corrected chi connectivity index (χ2v) is 4.09. The molecule has 0 unspecified atom stereocenters. The Bertz CT molecular complexity index is 482. The van der Waals surface area contributed by atoms with Gasteiger partial charge >= 0.3 is 0 Å². The fraction of sp³-hybridized carbons (Fsp3) is 0.167. The minimum absolute atomic E-state index is 0.154. The van der Waals surface area contributed by atoms with Crippen LogP contribution in [0.2, 0.25) is 0 Å². The van der Waals surface area contributed by atoms with Crippen molar-refractivity contribution in [1.82, 2.24) is 4.98 Å². The minimum atomic E-state index is -3.91. The van der Waals surface area contributed by atoms with E-state index in [1.54, 1.807) is 0 Å². The van der Waals surface area contributed by atoms with Crippen LogP contribution in [0.1, 0.15) is 5.56 Å². The summed E-state index contributed by atoms with van der Waals surface area (Å²) in [6.45, 7) is 1.39. The Morgan fingerprint density at radius 1 is 1.57 bits per heavy atom. The van der Waals surface area contributed by atoms with Gasteiger partial charge in [0.25, 0.3) is 15.7 Å². The van der Waals surface area contributed by atoms with Crippen LogP contribution >= 0.6 is 0 Å². The van der Waals surface area contributed by atoms with Gasteiger partial charge in [0, 0.05) is 6.07 Å². The number of rotatable bonds is 2. The molecule has 76 valence electrons. The third-order valence-electron chi connectivity index (χ3n) is 1.50. The monoisotopic (exact) mass is 217 g/mol. The van der Waals surface area contributed by atoms with Gasteiger partial charge in [-0.1, -0.05) is 0 Å². The van der Waals surface area contributed by atoms with E-state index in [1.165, 1.54) is 6.92 Å². The summed E-state index contributed by atoms with van der Waals surface area (Å²) in [5.74, 6) is 0. The average molecular weight is 217 g/mol. The van der Waals surface area contributed by atoms with Gasteiger partial charge in [0.05, 0.1) is 4.92 Å². The van der Waals surface area contributed by atoms with E-state index in [1.807, 2.05) is 0 Å². The predicted molar refractivity (Wildman–Crippen MR) is 47.0 cm³/mol. The first-order chi connectivity index (χ1) is 6.32. The second-order valence-electron chi connectivity index (χ2n) is 2.62. The van der Waals surface area contributed by atoms with Crippen molar-refractivity contribution in [2.75, 3.05) is 0 Å². The van der Waals surface area contributed by atoms with Crippen LogP contribution in [0.15, 0.2) is 17.3 Å². The molecule has 0 saturated carbocycles. The van der Waals surface area contributed by atoms with Crippen molar-refractivity contribution in [2.45, 2.75) is 11.9 Å². The molecule has 8 heteroatoms. The summed E-state index contributed by atoms with van der Waals surface area (Å²) < 4.78 is 21.8. The van der Waals surface area contributed by atoms with Crippen LogP contribution in [0.3, 0.4) is 0 Å². The first-order valence-electron chi connectivity index (χ1n) is 3.46. The SMILES string of the molecule is Cc1cc([N+](=O)[O-])cnc1S(N)(=O)=O. The van der Waals surface area contributed by atoms with Crippen LogP contribution in [0.25, 0.3) is 0 Å². The molecular weight excluding hydrogens is 210 g/mol. The Morgan fingerprint density at radius 3 is 2.50 bits per heavy atom. The van der Waals surface area contributed by atoms with Gasteiger partial charge < -0.3 is 0 Å². The maximum atomic E-state index is 10.9. The lowest BCUT2D eigenvalue weighted by molar-refractivity contribution is -0.385. The van der Waals surface area contributed by atoms with Crippen LogP contribution in [0.4, 0.5) is 5.69 Å². The van der Waals surface area contributed by atoms with Gasteiger partial charge in [-0.2, -0.15) is 0 Å². The average Bonchev–Trinajstić information content (AvgIpc) is 2.01. The smallest absolute Gasteiger partial charge is 0.258 e. The summed E-state index contributed by atoms with van der Waals surface area (Å²) in [6.07, 6.45) is 0.854. The van der Waals surface area contributed by atoms with Crippen molar-refractivity contribution in [2.24, 2.45) is 5.14 Å². The third-order valence-corrected chi connectivity index (χ3v) is 2.46. The molecule has 0 aromatic carbocycles. The molecule has 0 aliphatic rings. The van der Waals surface area contributed by atoms with E-state index in [4.69, 9.17) is 5.14 Å². The molecule has 0 saturated heterocycles. The maximum absolute atomic E-state index is 10.9. The second kappa shape index (κ2) is 3.31. The van der Waals surface area contributed by atoms with Crippen molar-refractivity contribution < 1.29 is 13.3 Å². The third kappa shape index (κ3) is 2.03. The van der Waals surface area contributed by atoms with Crippen molar-refractivity contribution >= 4 is 15.7 Å². The number of aromatic nitrogens is 1. The maximum Gasteiger partial charge on any atom is 0.287 e. The summed E-state index contributed by atoms with van der Waals surface area (Å²) in [5.41, 5.74) is -0.114. The van der Waals surface area contributed by atoms with E-state index >= 15 is 0 Å². The van der Waals surface area contributed by atoms with E-state index in [0.29, 0.717) is 0 Å². The molecule has 1 heterocycles. The van der Waals surface area contributed by atoms with E-state index in [9.17, 15) is 18.5 Å². The number of aryl methyl sites for hydroxylation is 1. The molecule has 0 aliphatic heterocycles. The van der Waals surface area contributed by atoms with Crippen LogP contribution in [0, 0.1) is 17.0 Å². The summed E-state index contributed by atoms with van der Waals surface area (Å²) in [6, 6.07) is 1.10. The number of sulfonamides is 1. The predicted octanol–water partition coefficient (Wildman–Crippen LogP) is -0.0544. The molecule has 1 aromatic rings. The fourth-order valence-corrected chi connectivity index (χ4v) is 1.65. The highest BCUT2D eigenvalue weighted by molar-refractivity contribution is 7.89. The lowest BCUT2D eigenvalue weighted by atomic mass is 10.3. The first kappa shape index (κ1) is 10.5. The molecule has 0 bridgehead atoms. The summed E-state index contributed by atoms with van der Waals surface area (Å²) in [5, 5.41) is 14.8. The summed E-state index contributed by atoms with van der Waals surface area (Å²) >= 11 is 0.